The van der Waals surface area contributed by atoms with Crippen LogP contribution in [0, 0.1) is 6.92 Å². The van der Waals surface area contributed by atoms with Crippen LogP contribution in [0.1, 0.15) is 25.0 Å². The van der Waals surface area contributed by atoms with E-state index in [9.17, 15) is 9.59 Å². The molecule has 1 aromatic carbocycles. The molecule has 0 bridgehead atoms. The number of hydrogen-bond donors (Lipinski definition) is 1. The van der Waals surface area contributed by atoms with Crippen molar-refractivity contribution in [2.75, 3.05) is 17.6 Å². The number of nitrogens with one attached hydrogen (secondary N) is 1. The number of thioether (sulfide) groups is 1. The molecule has 2 rings (SSSR count). The van der Waals surface area contributed by atoms with Crippen LogP contribution < -0.4 is 5.32 Å². The number of hydrogen-bond acceptors (Lipinski definition) is 3. The smallest absolute Gasteiger partial charge is 0.305 e. The minimum Gasteiger partial charge on any atom is -0.305 e. The molecule has 5 nitrogen and oxygen atoms in total. The van der Waals surface area contributed by atoms with Gasteiger partial charge in [0.1, 0.15) is 0 Å². The van der Waals surface area contributed by atoms with Gasteiger partial charge in [-0.3, -0.25) is 9.69 Å². The highest BCUT2D eigenvalue weighted by molar-refractivity contribution is 8.15. The first-order valence-electron chi connectivity index (χ1n) is 6.98. The maximum Gasteiger partial charge on any atom is 0.347 e. The van der Waals surface area contributed by atoms with Gasteiger partial charge in [0.05, 0.1) is 5.75 Å². The number of amides is 3. The molecule has 1 fully saturated rings. The normalized spacial score (nSPS) is 16.6. The summed E-state index contributed by atoms with van der Waals surface area (Å²) < 4.78 is 0. The summed E-state index contributed by atoms with van der Waals surface area (Å²) in [4.78, 5) is 29.3. The third-order valence-corrected chi connectivity index (χ3v) is 4.30. The summed E-state index contributed by atoms with van der Waals surface area (Å²) in [7, 11) is 0. The van der Waals surface area contributed by atoms with E-state index in [1.54, 1.807) is 0 Å². The molecule has 0 unspecified atom stereocenters. The van der Waals surface area contributed by atoms with Crippen LogP contribution in [0.2, 0.25) is 0 Å². The lowest BCUT2D eigenvalue weighted by Gasteiger charge is -2.14. The highest BCUT2D eigenvalue weighted by atomic mass is 32.2. The number of nitrogens with zero attached hydrogens (tertiary/aromatic N) is 2. The van der Waals surface area contributed by atoms with E-state index in [1.807, 2.05) is 39.0 Å². The van der Waals surface area contributed by atoms with Crippen molar-refractivity contribution in [2.24, 2.45) is 4.99 Å². The Morgan fingerprint density at radius 2 is 2.19 bits per heavy atom. The molecule has 0 radical (unpaired) electrons. The summed E-state index contributed by atoms with van der Waals surface area (Å²) in [6.07, 6.45) is 0.836. The molecular formula is C15H19N3O2S. The molecule has 112 valence electrons. The fourth-order valence-corrected chi connectivity index (χ4v) is 3.16. The molecule has 0 aromatic heterocycles. The zero-order chi connectivity index (χ0) is 15.4. The molecule has 1 aliphatic rings. The molecule has 0 spiro atoms. The second kappa shape index (κ2) is 6.76. The second-order valence-electron chi connectivity index (χ2n) is 4.71. The van der Waals surface area contributed by atoms with Gasteiger partial charge in [-0.05, 0) is 31.4 Å². The van der Waals surface area contributed by atoms with Crippen LogP contribution in [-0.2, 0) is 11.2 Å². The molecule has 1 heterocycles. The summed E-state index contributed by atoms with van der Waals surface area (Å²) in [5.74, 6) is 0.351. The van der Waals surface area contributed by atoms with Gasteiger partial charge in [-0.25, -0.2) is 4.79 Å². The maximum absolute atomic E-state index is 12.1. The lowest BCUT2D eigenvalue weighted by atomic mass is 10.1. The predicted octanol–water partition coefficient (Wildman–Crippen LogP) is 3.04. The van der Waals surface area contributed by atoms with Gasteiger partial charge in [0.2, 0.25) is 5.91 Å². The molecule has 1 N–H and O–H groups in total. The number of aryl methyl sites for hydroxylation is 2. The van der Waals surface area contributed by atoms with Crippen molar-refractivity contribution < 1.29 is 9.59 Å². The molecular weight excluding hydrogens is 286 g/mol. The number of benzene rings is 1. The van der Waals surface area contributed by atoms with Crippen molar-refractivity contribution in [2.45, 2.75) is 27.2 Å². The number of carbonyl (C=O) groups excluding carboxylic acids is 2. The maximum atomic E-state index is 12.1. The van der Waals surface area contributed by atoms with Crippen LogP contribution in [0.3, 0.4) is 0 Å². The van der Waals surface area contributed by atoms with E-state index in [0.717, 1.165) is 23.2 Å². The fourth-order valence-electron chi connectivity index (χ4n) is 2.22. The first-order valence-corrected chi connectivity index (χ1v) is 7.96. The molecule has 0 aliphatic carbocycles. The van der Waals surface area contributed by atoms with E-state index >= 15 is 0 Å². The Balaban J connectivity index is 2.18. The SMILES string of the molecule is CCc1cccc(C)c1NC(=O)N=C1SCC(=O)N1CC. The number of urea groups is 1. The highest BCUT2D eigenvalue weighted by Gasteiger charge is 2.27. The number of carbonyl (C=O) groups is 2. The van der Waals surface area contributed by atoms with Crippen molar-refractivity contribution in [1.29, 1.82) is 0 Å². The monoisotopic (exact) mass is 305 g/mol. The summed E-state index contributed by atoms with van der Waals surface area (Å²) in [5.41, 5.74) is 2.89. The number of para-hydroxylation sites is 1. The molecule has 3 amide bonds. The van der Waals surface area contributed by atoms with Crippen molar-refractivity contribution in [3.05, 3.63) is 29.3 Å². The first-order chi connectivity index (χ1) is 10.1. The summed E-state index contributed by atoms with van der Waals surface area (Å²) in [6.45, 7) is 6.39. The molecule has 1 aromatic rings. The molecule has 1 saturated heterocycles. The Bertz CT molecular complexity index is 599. The van der Waals surface area contributed by atoms with Crippen molar-refractivity contribution in [1.82, 2.24) is 4.90 Å². The zero-order valence-corrected chi connectivity index (χ0v) is 13.3. The number of amidine groups is 1. The number of rotatable bonds is 3. The van der Waals surface area contributed by atoms with Crippen LogP contribution in [-0.4, -0.2) is 34.3 Å². The third kappa shape index (κ3) is 3.44. The number of anilines is 1. The van der Waals surface area contributed by atoms with Crippen molar-refractivity contribution in [3.63, 3.8) is 0 Å². The van der Waals surface area contributed by atoms with E-state index in [2.05, 4.69) is 10.3 Å². The van der Waals surface area contributed by atoms with Gasteiger partial charge in [-0.2, -0.15) is 4.99 Å². The largest absolute Gasteiger partial charge is 0.347 e. The minimum absolute atomic E-state index is 0.000751. The van der Waals surface area contributed by atoms with Gasteiger partial charge in [0, 0.05) is 12.2 Å². The van der Waals surface area contributed by atoms with Crippen LogP contribution in [0.4, 0.5) is 10.5 Å². The summed E-state index contributed by atoms with van der Waals surface area (Å²) in [5, 5.41) is 3.32. The van der Waals surface area contributed by atoms with E-state index in [0.29, 0.717) is 17.5 Å². The third-order valence-electron chi connectivity index (χ3n) is 3.34. The van der Waals surface area contributed by atoms with Gasteiger partial charge in [0.25, 0.3) is 0 Å². The highest BCUT2D eigenvalue weighted by Crippen LogP contribution is 2.22. The molecule has 6 heteroatoms. The lowest BCUT2D eigenvalue weighted by Crippen LogP contribution is -2.30. The van der Waals surface area contributed by atoms with Crippen molar-refractivity contribution in [3.8, 4) is 0 Å². The van der Waals surface area contributed by atoms with Crippen LogP contribution in [0.5, 0.6) is 0 Å². The van der Waals surface area contributed by atoms with Gasteiger partial charge in [-0.15, -0.1) is 0 Å². The van der Waals surface area contributed by atoms with Crippen LogP contribution >= 0.6 is 11.8 Å². The molecule has 0 atom stereocenters. The summed E-state index contributed by atoms with van der Waals surface area (Å²) in [6, 6.07) is 5.48. The Morgan fingerprint density at radius 3 is 2.86 bits per heavy atom. The summed E-state index contributed by atoms with van der Waals surface area (Å²) >= 11 is 1.30. The standard InChI is InChI=1S/C15H19N3O2S/c1-4-11-8-6-7-10(3)13(11)16-14(20)17-15-18(5-2)12(19)9-21-15/h6-8H,4-5,9H2,1-3H3,(H,16,20). The average molecular weight is 305 g/mol. The number of aliphatic imine (C=N–C) groups is 1. The molecule has 1 aliphatic heterocycles. The van der Waals surface area contributed by atoms with Crippen LogP contribution in [0.25, 0.3) is 0 Å². The quantitative estimate of drug-likeness (QED) is 0.933. The van der Waals surface area contributed by atoms with E-state index in [1.165, 1.54) is 16.7 Å². The Labute approximate surface area is 128 Å². The predicted molar refractivity (Wildman–Crippen MR) is 86.9 cm³/mol. The second-order valence-corrected chi connectivity index (χ2v) is 5.66. The van der Waals surface area contributed by atoms with Gasteiger partial charge < -0.3 is 5.32 Å². The first kappa shape index (κ1) is 15.6. The zero-order valence-electron chi connectivity index (χ0n) is 12.5. The molecule has 0 saturated carbocycles. The Kier molecular flexibility index (Phi) is 5.01. The fraction of sp³-hybridized carbons (Fsp3) is 0.400. The topological polar surface area (TPSA) is 61.8 Å². The Morgan fingerprint density at radius 1 is 1.43 bits per heavy atom. The van der Waals surface area contributed by atoms with E-state index in [-0.39, 0.29) is 5.91 Å². The van der Waals surface area contributed by atoms with Gasteiger partial charge in [0.15, 0.2) is 5.17 Å². The Hall–Kier alpha value is -1.82. The van der Waals surface area contributed by atoms with Gasteiger partial charge in [-0.1, -0.05) is 36.9 Å². The van der Waals surface area contributed by atoms with E-state index < -0.39 is 6.03 Å². The van der Waals surface area contributed by atoms with Crippen molar-refractivity contribution >= 4 is 34.6 Å². The lowest BCUT2D eigenvalue weighted by molar-refractivity contribution is -0.123. The average Bonchev–Trinajstić information content (AvgIpc) is 2.81. The van der Waals surface area contributed by atoms with Gasteiger partial charge >= 0.3 is 6.03 Å². The van der Waals surface area contributed by atoms with E-state index in [4.69, 9.17) is 0 Å². The minimum atomic E-state index is -0.436. The van der Waals surface area contributed by atoms with Crippen LogP contribution in [0.15, 0.2) is 23.2 Å². The molecule has 21 heavy (non-hydrogen) atoms.